The molecule has 2 atom stereocenters. The molecule has 0 saturated heterocycles. The number of halogens is 3. The fourth-order valence-electron chi connectivity index (χ4n) is 2.42. The Morgan fingerprint density at radius 1 is 1.38 bits per heavy atom. The van der Waals surface area contributed by atoms with Gasteiger partial charge in [-0.1, -0.05) is 40.4 Å². The zero-order valence-corrected chi connectivity index (χ0v) is 11.4. The average Bonchev–Trinajstić information content (AvgIpc) is 2.24. The smallest absolute Gasteiger partial charge is 0.126 e. The van der Waals surface area contributed by atoms with Crippen molar-refractivity contribution in [2.45, 2.75) is 36.9 Å². The molecule has 1 saturated carbocycles. The highest BCUT2D eigenvalue weighted by molar-refractivity contribution is 9.09. The third kappa shape index (κ3) is 3.21. The second kappa shape index (κ2) is 5.50. The van der Waals surface area contributed by atoms with Crippen molar-refractivity contribution in [2.75, 3.05) is 0 Å². The van der Waals surface area contributed by atoms with Crippen molar-refractivity contribution in [3.63, 3.8) is 0 Å². The van der Waals surface area contributed by atoms with Crippen LogP contribution in [0.1, 0.15) is 31.2 Å². The van der Waals surface area contributed by atoms with E-state index in [1.165, 1.54) is 25.3 Å². The van der Waals surface area contributed by atoms with Gasteiger partial charge in [-0.25, -0.2) is 4.39 Å². The molecule has 0 radical (unpaired) electrons. The highest BCUT2D eigenvalue weighted by Crippen LogP contribution is 2.32. The molecule has 88 valence electrons. The maximum absolute atomic E-state index is 13.6. The predicted molar refractivity (Wildman–Crippen MR) is 69.8 cm³/mol. The molecular weight excluding hydrogens is 290 g/mol. The third-order valence-electron chi connectivity index (χ3n) is 3.24. The van der Waals surface area contributed by atoms with Gasteiger partial charge in [0.05, 0.1) is 0 Å². The van der Waals surface area contributed by atoms with E-state index in [0.29, 0.717) is 15.8 Å². The first kappa shape index (κ1) is 12.4. The van der Waals surface area contributed by atoms with E-state index in [4.69, 9.17) is 11.6 Å². The van der Waals surface area contributed by atoms with E-state index in [9.17, 15) is 4.39 Å². The summed E-state index contributed by atoms with van der Waals surface area (Å²) in [5.74, 6) is 0.465. The Balaban J connectivity index is 2.05. The van der Waals surface area contributed by atoms with Gasteiger partial charge in [-0.2, -0.15) is 0 Å². The molecule has 0 spiro atoms. The van der Waals surface area contributed by atoms with Gasteiger partial charge >= 0.3 is 0 Å². The lowest BCUT2D eigenvalue weighted by atomic mass is 9.85. The lowest BCUT2D eigenvalue weighted by molar-refractivity contribution is 0.364. The Labute approximate surface area is 109 Å². The molecule has 16 heavy (non-hydrogen) atoms. The normalized spacial score (nSPS) is 25.7. The van der Waals surface area contributed by atoms with Crippen molar-refractivity contribution in [1.29, 1.82) is 0 Å². The van der Waals surface area contributed by atoms with Crippen LogP contribution < -0.4 is 0 Å². The van der Waals surface area contributed by atoms with Gasteiger partial charge < -0.3 is 0 Å². The van der Waals surface area contributed by atoms with Crippen LogP contribution in [0.2, 0.25) is 5.02 Å². The van der Waals surface area contributed by atoms with Crippen molar-refractivity contribution >= 4 is 27.5 Å². The lowest BCUT2D eigenvalue weighted by Crippen LogP contribution is -2.17. The molecule has 1 fully saturated rings. The molecule has 0 bridgehead atoms. The Bertz CT molecular complexity index is 367. The van der Waals surface area contributed by atoms with Crippen LogP contribution in [0, 0.1) is 11.7 Å². The van der Waals surface area contributed by atoms with E-state index in [2.05, 4.69) is 15.9 Å². The zero-order valence-electron chi connectivity index (χ0n) is 9.06. The van der Waals surface area contributed by atoms with Gasteiger partial charge in [0, 0.05) is 9.85 Å². The average molecular weight is 306 g/mol. The minimum absolute atomic E-state index is 0.124. The summed E-state index contributed by atoms with van der Waals surface area (Å²) in [6, 6.07) is 4.83. The van der Waals surface area contributed by atoms with Crippen LogP contribution in [-0.2, 0) is 6.42 Å². The number of hydrogen-bond acceptors (Lipinski definition) is 0. The summed E-state index contributed by atoms with van der Waals surface area (Å²) in [5.41, 5.74) is 0.763. The van der Waals surface area contributed by atoms with Gasteiger partial charge in [-0.15, -0.1) is 0 Å². The largest absolute Gasteiger partial charge is 0.207 e. The zero-order chi connectivity index (χ0) is 11.5. The van der Waals surface area contributed by atoms with E-state index in [-0.39, 0.29) is 5.82 Å². The third-order valence-corrected chi connectivity index (χ3v) is 4.30. The van der Waals surface area contributed by atoms with E-state index >= 15 is 0 Å². The summed E-state index contributed by atoms with van der Waals surface area (Å²) in [4.78, 5) is 0.605. The standard InChI is InChI=1S/C13H15BrClF/c14-11-3-1-2-9(7-11)6-10-8-12(15)4-5-13(10)16/h4-5,8-9,11H,1-3,6-7H2. The van der Waals surface area contributed by atoms with Gasteiger partial charge in [-0.3, -0.25) is 0 Å². The molecule has 0 N–H and O–H groups in total. The number of alkyl halides is 1. The second-order valence-corrected chi connectivity index (χ2v) is 6.30. The topological polar surface area (TPSA) is 0 Å². The van der Waals surface area contributed by atoms with Crippen molar-refractivity contribution in [3.05, 3.63) is 34.6 Å². The molecule has 1 aliphatic carbocycles. The van der Waals surface area contributed by atoms with Gasteiger partial charge in [0.25, 0.3) is 0 Å². The highest BCUT2D eigenvalue weighted by atomic mass is 79.9. The molecule has 0 aromatic heterocycles. The van der Waals surface area contributed by atoms with E-state index in [1.54, 1.807) is 12.1 Å². The van der Waals surface area contributed by atoms with Crippen molar-refractivity contribution in [1.82, 2.24) is 0 Å². The minimum atomic E-state index is -0.124. The van der Waals surface area contributed by atoms with Crippen molar-refractivity contribution in [3.8, 4) is 0 Å². The summed E-state index contributed by atoms with van der Waals surface area (Å²) >= 11 is 9.54. The Morgan fingerprint density at radius 2 is 2.19 bits per heavy atom. The summed E-state index contributed by atoms with van der Waals surface area (Å²) in [6.45, 7) is 0. The summed E-state index contributed by atoms with van der Waals surface area (Å²) < 4.78 is 13.6. The van der Waals surface area contributed by atoms with Crippen LogP contribution in [0.5, 0.6) is 0 Å². The monoisotopic (exact) mass is 304 g/mol. The summed E-state index contributed by atoms with van der Waals surface area (Å²) in [7, 11) is 0. The molecule has 0 heterocycles. The van der Waals surface area contributed by atoms with Crippen LogP contribution in [0.3, 0.4) is 0 Å². The van der Waals surface area contributed by atoms with Crippen LogP contribution in [-0.4, -0.2) is 4.83 Å². The van der Waals surface area contributed by atoms with Gasteiger partial charge in [0.15, 0.2) is 0 Å². The van der Waals surface area contributed by atoms with Crippen LogP contribution in [0.4, 0.5) is 4.39 Å². The first-order valence-corrected chi connectivity index (χ1v) is 7.02. The molecular formula is C13H15BrClF. The van der Waals surface area contributed by atoms with Crippen LogP contribution in [0.15, 0.2) is 18.2 Å². The molecule has 0 amide bonds. The number of rotatable bonds is 2. The number of benzene rings is 1. The fourth-order valence-corrected chi connectivity index (χ4v) is 3.47. The quantitative estimate of drug-likeness (QED) is 0.676. The Morgan fingerprint density at radius 3 is 2.94 bits per heavy atom. The Kier molecular flexibility index (Phi) is 4.26. The van der Waals surface area contributed by atoms with Gasteiger partial charge in [0.2, 0.25) is 0 Å². The summed E-state index contributed by atoms with van der Waals surface area (Å²) in [6.07, 6.45) is 5.64. The fraction of sp³-hybridized carbons (Fsp3) is 0.538. The minimum Gasteiger partial charge on any atom is -0.207 e. The number of hydrogen-bond donors (Lipinski definition) is 0. The van der Waals surface area contributed by atoms with E-state index < -0.39 is 0 Å². The first-order chi connectivity index (χ1) is 7.65. The second-order valence-electron chi connectivity index (χ2n) is 4.57. The van der Waals surface area contributed by atoms with Crippen LogP contribution in [0.25, 0.3) is 0 Å². The first-order valence-electron chi connectivity index (χ1n) is 5.73. The molecule has 1 aromatic carbocycles. The molecule has 0 nitrogen and oxygen atoms in total. The van der Waals surface area contributed by atoms with Gasteiger partial charge in [-0.05, 0) is 48.9 Å². The maximum atomic E-state index is 13.6. The molecule has 2 unspecified atom stereocenters. The van der Waals surface area contributed by atoms with Crippen LogP contribution >= 0.6 is 27.5 Å². The summed E-state index contributed by atoms with van der Waals surface area (Å²) in [5, 5.41) is 0.627. The predicted octanol–water partition coefficient (Wildman–Crippen LogP) is 4.98. The molecule has 0 aliphatic heterocycles. The van der Waals surface area contributed by atoms with E-state index in [0.717, 1.165) is 18.4 Å². The van der Waals surface area contributed by atoms with E-state index in [1.807, 2.05) is 0 Å². The highest BCUT2D eigenvalue weighted by Gasteiger charge is 2.21. The lowest BCUT2D eigenvalue weighted by Gasteiger charge is -2.25. The SMILES string of the molecule is Fc1ccc(Cl)cc1CC1CCCC(Br)C1. The molecule has 1 aromatic rings. The molecule has 2 rings (SSSR count). The molecule has 3 heteroatoms. The van der Waals surface area contributed by atoms with Gasteiger partial charge in [0.1, 0.15) is 5.82 Å². The van der Waals surface area contributed by atoms with Crippen molar-refractivity contribution < 1.29 is 4.39 Å². The maximum Gasteiger partial charge on any atom is 0.126 e. The Hall–Kier alpha value is -0.0800. The molecule has 1 aliphatic rings. The van der Waals surface area contributed by atoms with Crippen molar-refractivity contribution in [2.24, 2.45) is 5.92 Å².